The molecular formula is C55H43N3. The maximum absolute atomic E-state index is 5.98. The third-order valence-electron chi connectivity index (χ3n) is 11.8. The number of nitrogen functional groups attached to an aromatic ring is 1. The Morgan fingerprint density at radius 2 is 0.914 bits per heavy atom. The van der Waals surface area contributed by atoms with Crippen molar-refractivity contribution in [2.45, 2.75) is 18.8 Å². The summed E-state index contributed by atoms with van der Waals surface area (Å²) in [5, 5.41) is 2.54. The summed E-state index contributed by atoms with van der Waals surface area (Å²) in [5.41, 5.74) is 22.1. The molecule has 0 radical (unpaired) electrons. The molecule has 1 atom stereocenters. The van der Waals surface area contributed by atoms with Gasteiger partial charge in [-0.2, -0.15) is 0 Å². The van der Waals surface area contributed by atoms with Crippen LogP contribution in [0.4, 0.5) is 22.7 Å². The highest BCUT2D eigenvalue weighted by Crippen LogP contribution is 2.40. The molecule has 0 saturated carbocycles. The van der Waals surface area contributed by atoms with Gasteiger partial charge in [-0.05, 0) is 118 Å². The van der Waals surface area contributed by atoms with Crippen molar-refractivity contribution in [1.29, 1.82) is 0 Å². The first kappa shape index (κ1) is 35.1. The van der Waals surface area contributed by atoms with Crippen molar-refractivity contribution in [1.82, 2.24) is 4.57 Å². The topological polar surface area (TPSA) is 34.2 Å². The monoisotopic (exact) mass is 745 g/mol. The Labute approximate surface area is 340 Å². The van der Waals surface area contributed by atoms with Crippen LogP contribution in [0.2, 0.25) is 0 Å². The molecule has 3 nitrogen and oxygen atoms in total. The van der Waals surface area contributed by atoms with Gasteiger partial charge in [-0.25, -0.2) is 0 Å². The molecular weight excluding hydrogens is 703 g/mol. The van der Waals surface area contributed by atoms with E-state index < -0.39 is 0 Å². The van der Waals surface area contributed by atoms with Crippen LogP contribution in [-0.2, 0) is 5.41 Å². The summed E-state index contributed by atoms with van der Waals surface area (Å²) in [6, 6.07) is 71.9. The Balaban J connectivity index is 0.951. The summed E-state index contributed by atoms with van der Waals surface area (Å²) >= 11 is 0. The minimum Gasteiger partial charge on any atom is -0.399 e. The maximum atomic E-state index is 5.98. The smallest absolute Gasteiger partial charge is 0.0541 e. The van der Waals surface area contributed by atoms with Crippen LogP contribution in [0.1, 0.15) is 24.5 Å². The summed E-state index contributed by atoms with van der Waals surface area (Å²) in [6.45, 7) is 2.29. The number of anilines is 4. The summed E-state index contributed by atoms with van der Waals surface area (Å²) in [5.74, 6) is 0. The Morgan fingerprint density at radius 1 is 0.466 bits per heavy atom. The summed E-state index contributed by atoms with van der Waals surface area (Å²) in [7, 11) is 0. The van der Waals surface area contributed by atoms with Gasteiger partial charge in [0.05, 0.1) is 11.0 Å². The first-order valence-corrected chi connectivity index (χ1v) is 20.0. The molecule has 278 valence electrons. The van der Waals surface area contributed by atoms with E-state index in [0.29, 0.717) is 0 Å². The molecule has 8 aromatic carbocycles. The summed E-state index contributed by atoms with van der Waals surface area (Å²) < 4.78 is 2.36. The number of hydrogen-bond acceptors (Lipinski definition) is 2. The van der Waals surface area contributed by atoms with Crippen molar-refractivity contribution < 1.29 is 0 Å². The zero-order chi connectivity index (χ0) is 39.1. The van der Waals surface area contributed by atoms with E-state index in [1.807, 2.05) is 12.1 Å². The van der Waals surface area contributed by atoms with Crippen LogP contribution in [0.5, 0.6) is 0 Å². The number of aromatic nitrogens is 1. The van der Waals surface area contributed by atoms with Gasteiger partial charge in [0.15, 0.2) is 0 Å². The molecule has 0 fully saturated rings. The Bertz CT molecular complexity index is 2880. The van der Waals surface area contributed by atoms with Crippen LogP contribution in [-0.4, -0.2) is 4.57 Å². The molecule has 2 N–H and O–H groups in total. The second kappa shape index (κ2) is 14.6. The van der Waals surface area contributed by atoms with Gasteiger partial charge in [0.2, 0.25) is 0 Å². The molecule has 1 unspecified atom stereocenters. The van der Waals surface area contributed by atoms with E-state index in [4.69, 9.17) is 5.73 Å². The van der Waals surface area contributed by atoms with E-state index in [1.54, 1.807) is 0 Å². The van der Waals surface area contributed by atoms with Crippen LogP contribution < -0.4 is 10.6 Å². The lowest BCUT2D eigenvalue weighted by atomic mass is 9.75. The van der Waals surface area contributed by atoms with Crippen LogP contribution in [0, 0.1) is 0 Å². The number of para-hydroxylation sites is 2. The van der Waals surface area contributed by atoms with Crippen molar-refractivity contribution >= 4 is 50.1 Å². The molecule has 0 bridgehead atoms. The van der Waals surface area contributed by atoms with Crippen molar-refractivity contribution in [3.05, 3.63) is 230 Å². The SMILES string of the molecule is CC1(c2ccc(N)cc2)C=CC(c2ccc(N(c3ccc(-c4ccccc4)cc3)c3ccc(-c4ccc(-n5c6ccccc6c6ccccc65)cc4)cc3)cc2)=CC1. The first-order valence-electron chi connectivity index (χ1n) is 20.0. The molecule has 1 aliphatic rings. The fourth-order valence-electron chi connectivity index (χ4n) is 8.51. The zero-order valence-electron chi connectivity index (χ0n) is 32.5. The van der Waals surface area contributed by atoms with Gasteiger partial charge in [-0.3, -0.25) is 0 Å². The molecule has 1 aromatic heterocycles. The predicted octanol–water partition coefficient (Wildman–Crippen LogP) is 14.5. The van der Waals surface area contributed by atoms with Gasteiger partial charge in [-0.1, -0.05) is 153 Å². The number of hydrogen-bond donors (Lipinski definition) is 1. The molecule has 0 amide bonds. The van der Waals surface area contributed by atoms with Crippen molar-refractivity contribution in [2.24, 2.45) is 0 Å². The van der Waals surface area contributed by atoms with Gasteiger partial charge >= 0.3 is 0 Å². The molecule has 1 heterocycles. The number of nitrogens with zero attached hydrogens (tertiary/aromatic N) is 2. The van der Waals surface area contributed by atoms with Crippen molar-refractivity contribution in [2.75, 3.05) is 10.6 Å². The van der Waals surface area contributed by atoms with Crippen molar-refractivity contribution in [3.63, 3.8) is 0 Å². The molecule has 10 rings (SSSR count). The highest BCUT2D eigenvalue weighted by molar-refractivity contribution is 6.09. The molecule has 3 heteroatoms. The lowest BCUT2D eigenvalue weighted by Gasteiger charge is -2.29. The van der Waals surface area contributed by atoms with E-state index in [1.165, 1.54) is 60.8 Å². The fraction of sp³-hybridized carbons (Fsp3) is 0.0545. The number of rotatable bonds is 8. The summed E-state index contributed by atoms with van der Waals surface area (Å²) in [4.78, 5) is 2.34. The lowest BCUT2D eigenvalue weighted by Crippen LogP contribution is -2.20. The third kappa shape index (κ3) is 6.47. The van der Waals surface area contributed by atoms with E-state index in [-0.39, 0.29) is 5.41 Å². The number of allylic oxidation sites excluding steroid dienone is 4. The first-order chi connectivity index (χ1) is 28.5. The van der Waals surface area contributed by atoms with Crippen LogP contribution in [0.25, 0.3) is 55.3 Å². The Kier molecular flexibility index (Phi) is 8.84. The minimum absolute atomic E-state index is 0.0552. The quantitative estimate of drug-likeness (QED) is 0.157. The van der Waals surface area contributed by atoms with E-state index in [0.717, 1.165) is 34.9 Å². The largest absolute Gasteiger partial charge is 0.399 e. The second-order valence-electron chi connectivity index (χ2n) is 15.5. The maximum Gasteiger partial charge on any atom is 0.0541 e. The third-order valence-corrected chi connectivity index (χ3v) is 11.8. The average molecular weight is 746 g/mol. The number of nitrogens with two attached hydrogens (primary N) is 1. The van der Waals surface area contributed by atoms with E-state index in [9.17, 15) is 0 Å². The Morgan fingerprint density at radius 3 is 1.41 bits per heavy atom. The average Bonchev–Trinajstić information content (AvgIpc) is 3.62. The molecule has 0 saturated heterocycles. The van der Waals surface area contributed by atoms with Crippen LogP contribution >= 0.6 is 0 Å². The van der Waals surface area contributed by atoms with Gasteiger partial charge in [0, 0.05) is 44.6 Å². The van der Waals surface area contributed by atoms with Crippen LogP contribution in [0.3, 0.4) is 0 Å². The fourth-order valence-corrected chi connectivity index (χ4v) is 8.51. The number of benzene rings is 8. The van der Waals surface area contributed by atoms with Crippen LogP contribution in [0.15, 0.2) is 218 Å². The minimum atomic E-state index is -0.0552. The highest BCUT2D eigenvalue weighted by Gasteiger charge is 2.25. The lowest BCUT2D eigenvalue weighted by molar-refractivity contribution is 0.601. The Hall–Kier alpha value is -7.36. The molecule has 1 aliphatic carbocycles. The second-order valence-corrected chi connectivity index (χ2v) is 15.5. The molecule has 0 spiro atoms. The highest BCUT2D eigenvalue weighted by atomic mass is 15.1. The van der Waals surface area contributed by atoms with Gasteiger partial charge in [0.1, 0.15) is 0 Å². The van der Waals surface area contributed by atoms with E-state index >= 15 is 0 Å². The normalized spacial score (nSPS) is 15.1. The zero-order valence-corrected chi connectivity index (χ0v) is 32.5. The van der Waals surface area contributed by atoms with Gasteiger partial charge < -0.3 is 15.2 Å². The standard InChI is InChI=1S/C55H43N3/c1-55(45-23-25-46(56)26-24-45)37-35-44(36-38-55)43-19-31-49(32-20-43)57(47-27-15-40(16-28-47)39-9-3-2-4-10-39)48-29-17-41(18-30-48)42-21-33-50(34-22-42)58-53-13-7-5-11-51(53)52-12-6-8-14-54(52)58/h2-37H,38,56H2,1H3. The van der Waals surface area contributed by atoms with Gasteiger partial charge in [-0.15, -0.1) is 0 Å². The molecule has 58 heavy (non-hydrogen) atoms. The molecule has 0 aliphatic heterocycles. The van der Waals surface area contributed by atoms with Crippen molar-refractivity contribution in [3.8, 4) is 27.9 Å². The van der Waals surface area contributed by atoms with Gasteiger partial charge in [0.25, 0.3) is 0 Å². The molecule has 9 aromatic rings. The predicted molar refractivity (Wildman–Crippen MR) is 246 cm³/mol. The summed E-state index contributed by atoms with van der Waals surface area (Å²) in [6.07, 6.45) is 7.89. The van der Waals surface area contributed by atoms with E-state index in [2.05, 4.69) is 223 Å². The number of fused-ring (bicyclic) bond motifs is 3.